The van der Waals surface area contributed by atoms with Crippen LogP contribution >= 0.6 is 0 Å². The van der Waals surface area contributed by atoms with E-state index in [4.69, 9.17) is 4.74 Å². The third kappa shape index (κ3) is 3.87. The van der Waals surface area contributed by atoms with Crippen molar-refractivity contribution in [3.8, 4) is 0 Å². The van der Waals surface area contributed by atoms with Crippen molar-refractivity contribution in [2.45, 2.75) is 51.0 Å². The summed E-state index contributed by atoms with van der Waals surface area (Å²) in [6.45, 7) is 6.27. The molecule has 0 spiro atoms. The van der Waals surface area contributed by atoms with Gasteiger partial charge in [-0.3, -0.25) is 9.69 Å². The number of pyridine rings is 1. The molecule has 1 N–H and O–H groups in total. The number of aryl methyl sites for hydroxylation is 1. The second kappa shape index (κ2) is 7.98. The summed E-state index contributed by atoms with van der Waals surface area (Å²) in [5.74, 6) is 0.0851. The highest BCUT2D eigenvalue weighted by Gasteiger charge is 2.38. The zero-order valence-corrected chi connectivity index (χ0v) is 16.2. The van der Waals surface area contributed by atoms with E-state index in [0.29, 0.717) is 6.42 Å². The van der Waals surface area contributed by atoms with Crippen molar-refractivity contribution in [2.75, 3.05) is 32.8 Å². The van der Waals surface area contributed by atoms with Gasteiger partial charge >= 0.3 is 0 Å². The van der Waals surface area contributed by atoms with Gasteiger partial charge in [-0.15, -0.1) is 0 Å². The quantitative estimate of drug-likeness (QED) is 0.878. The lowest BCUT2D eigenvalue weighted by atomic mass is 9.79. The summed E-state index contributed by atoms with van der Waals surface area (Å²) >= 11 is 0. The van der Waals surface area contributed by atoms with Crippen LogP contribution in [0.15, 0.2) is 24.4 Å². The molecule has 1 aliphatic heterocycles. The molecule has 6 heteroatoms. The zero-order valence-electron chi connectivity index (χ0n) is 16.2. The molecule has 0 bridgehead atoms. The molecule has 2 aromatic heterocycles. The van der Waals surface area contributed by atoms with Gasteiger partial charge in [0.05, 0.1) is 31.0 Å². The molecule has 1 saturated carbocycles. The van der Waals surface area contributed by atoms with Crippen molar-refractivity contribution >= 4 is 11.6 Å². The molecule has 2 fully saturated rings. The second-order valence-electron chi connectivity index (χ2n) is 7.91. The minimum atomic E-state index is 0.0851. The molecule has 146 valence electrons. The number of morpholine rings is 1. The van der Waals surface area contributed by atoms with Gasteiger partial charge in [0, 0.05) is 31.4 Å². The fraction of sp³-hybridized carbons (Fsp3) is 0.619. The number of nitrogens with one attached hydrogen (secondary N) is 1. The molecule has 2 aromatic rings. The van der Waals surface area contributed by atoms with Crippen LogP contribution < -0.4 is 5.32 Å². The molecule has 3 heterocycles. The Labute approximate surface area is 160 Å². The highest BCUT2D eigenvalue weighted by atomic mass is 16.5. The average molecular weight is 370 g/mol. The Balaban J connectivity index is 1.44. The Bertz CT molecular complexity index is 789. The van der Waals surface area contributed by atoms with Crippen LogP contribution in [0.3, 0.4) is 0 Å². The topological polar surface area (TPSA) is 58.9 Å². The molecule has 1 aliphatic carbocycles. The van der Waals surface area contributed by atoms with E-state index in [1.165, 1.54) is 32.1 Å². The zero-order chi connectivity index (χ0) is 18.7. The maximum atomic E-state index is 12.8. The lowest BCUT2D eigenvalue weighted by Crippen LogP contribution is -2.59. The number of rotatable bonds is 5. The molecular formula is C21H30N4O2. The fourth-order valence-electron chi connectivity index (χ4n) is 4.71. The predicted molar refractivity (Wildman–Crippen MR) is 105 cm³/mol. The number of amides is 1. The van der Waals surface area contributed by atoms with Crippen LogP contribution in [0.5, 0.6) is 0 Å². The third-order valence-electron chi connectivity index (χ3n) is 6.24. The number of carbonyl (C=O) groups excluding carboxylic acids is 1. The summed E-state index contributed by atoms with van der Waals surface area (Å²) in [7, 11) is 0. The van der Waals surface area contributed by atoms with Gasteiger partial charge in [-0.1, -0.05) is 25.3 Å². The van der Waals surface area contributed by atoms with Gasteiger partial charge in [0.2, 0.25) is 5.91 Å². The third-order valence-corrected chi connectivity index (χ3v) is 6.24. The SMILES string of the molecule is Cc1nc2ccccn2c1CC(=O)NCC1(N2CCOCC2)CCCCC1. The monoisotopic (exact) mass is 370 g/mol. The van der Waals surface area contributed by atoms with Crippen molar-refractivity contribution in [1.29, 1.82) is 0 Å². The summed E-state index contributed by atoms with van der Waals surface area (Å²) in [5.41, 5.74) is 2.91. The fourth-order valence-corrected chi connectivity index (χ4v) is 4.71. The molecule has 0 unspecified atom stereocenters. The maximum absolute atomic E-state index is 12.8. The van der Waals surface area contributed by atoms with Crippen LogP contribution in [-0.4, -0.2) is 58.6 Å². The number of imidazole rings is 1. The molecule has 1 saturated heterocycles. The summed E-state index contributed by atoms with van der Waals surface area (Å²) in [4.78, 5) is 19.9. The average Bonchev–Trinajstić information content (AvgIpc) is 3.03. The molecule has 2 aliphatic rings. The number of nitrogens with zero attached hydrogens (tertiary/aromatic N) is 3. The smallest absolute Gasteiger partial charge is 0.226 e. The normalized spacial score (nSPS) is 20.6. The van der Waals surface area contributed by atoms with Crippen molar-refractivity contribution < 1.29 is 9.53 Å². The minimum Gasteiger partial charge on any atom is -0.379 e. The van der Waals surface area contributed by atoms with E-state index in [1.807, 2.05) is 35.7 Å². The Morgan fingerprint density at radius 3 is 2.78 bits per heavy atom. The van der Waals surface area contributed by atoms with Crippen molar-refractivity contribution in [3.05, 3.63) is 35.8 Å². The molecule has 1 amide bonds. The van der Waals surface area contributed by atoms with E-state index < -0.39 is 0 Å². The molecule has 6 nitrogen and oxygen atoms in total. The van der Waals surface area contributed by atoms with Crippen LogP contribution in [0.25, 0.3) is 5.65 Å². The number of ether oxygens (including phenoxy) is 1. The Morgan fingerprint density at radius 1 is 1.22 bits per heavy atom. The van der Waals surface area contributed by atoms with E-state index in [0.717, 1.165) is 49.9 Å². The Morgan fingerprint density at radius 2 is 2.00 bits per heavy atom. The molecule has 4 rings (SSSR count). The summed E-state index contributed by atoms with van der Waals surface area (Å²) in [6.07, 6.45) is 8.49. The van der Waals surface area contributed by atoms with Gasteiger partial charge in [-0.05, 0) is 31.9 Å². The van der Waals surface area contributed by atoms with Crippen molar-refractivity contribution in [3.63, 3.8) is 0 Å². The molecule has 27 heavy (non-hydrogen) atoms. The Hall–Kier alpha value is -1.92. The van der Waals surface area contributed by atoms with E-state index in [2.05, 4.69) is 15.2 Å². The molecule has 0 atom stereocenters. The molecule has 0 radical (unpaired) electrons. The van der Waals surface area contributed by atoms with Gasteiger partial charge in [-0.2, -0.15) is 0 Å². The van der Waals surface area contributed by atoms with Crippen LogP contribution in [0, 0.1) is 6.92 Å². The highest BCUT2D eigenvalue weighted by Crippen LogP contribution is 2.33. The number of fused-ring (bicyclic) bond motifs is 1. The largest absolute Gasteiger partial charge is 0.379 e. The van der Waals surface area contributed by atoms with Gasteiger partial charge in [0.1, 0.15) is 5.65 Å². The first kappa shape index (κ1) is 18.4. The van der Waals surface area contributed by atoms with E-state index in [9.17, 15) is 4.79 Å². The van der Waals surface area contributed by atoms with Gasteiger partial charge < -0.3 is 14.5 Å². The van der Waals surface area contributed by atoms with Crippen LogP contribution in [0.2, 0.25) is 0 Å². The van der Waals surface area contributed by atoms with Crippen LogP contribution in [0.1, 0.15) is 43.5 Å². The first-order valence-corrected chi connectivity index (χ1v) is 10.2. The predicted octanol–water partition coefficient (Wildman–Crippen LogP) is 2.34. The van der Waals surface area contributed by atoms with Gasteiger partial charge in [0.25, 0.3) is 0 Å². The van der Waals surface area contributed by atoms with Gasteiger partial charge in [-0.25, -0.2) is 4.98 Å². The minimum absolute atomic E-state index is 0.0851. The van der Waals surface area contributed by atoms with Crippen LogP contribution in [-0.2, 0) is 16.0 Å². The van der Waals surface area contributed by atoms with E-state index in [-0.39, 0.29) is 11.4 Å². The lowest BCUT2D eigenvalue weighted by molar-refractivity contribution is -0.121. The summed E-state index contributed by atoms with van der Waals surface area (Å²) < 4.78 is 7.57. The first-order valence-electron chi connectivity index (χ1n) is 10.2. The van der Waals surface area contributed by atoms with Crippen molar-refractivity contribution in [2.24, 2.45) is 0 Å². The standard InChI is InChI=1S/C21H30N4O2/c1-17-18(25-10-6-3-7-19(25)23-17)15-20(26)22-16-21(8-4-2-5-9-21)24-11-13-27-14-12-24/h3,6-7,10H,2,4-5,8-9,11-16H2,1H3,(H,22,26). The van der Waals surface area contributed by atoms with Crippen LogP contribution in [0.4, 0.5) is 0 Å². The lowest BCUT2D eigenvalue weighted by Gasteiger charge is -2.48. The Kier molecular flexibility index (Phi) is 5.45. The second-order valence-corrected chi connectivity index (χ2v) is 7.91. The number of hydrogen-bond donors (Lipinski definition) is 1. The number of aromatic nitrogens is 2. The highest BCUT2D eigenvalue weighted by molar-refractivity contribution is 5.78. The number of hydrogen-bond acceptors (Lipinski definition) is 4. The molecular weight excluding hydrogens is 340 g/mol. The van der Waals surface area contributed by atoms with E-state index >= 15 is 0 Å². The summed E-state index contributed by atoms with van der Waals surface area (Å²) in [6, 6.07) is 5.93. The summed E-state index contributed by atoms with van der Waals surface area (Å²) in [5, 5.41) is 3.26. The number of carbonyl (C=O) groups is 1. The van der Waals surface area contributed by atoms with Gasteiger partial charge in [0.15, 0.2) is 0 Å². The van der Waals surface area contributed by atoms with E-state index in [1.54, 1.807) is 0 Å². The first-order chi connectivity index (χ1) is 13.2. The molecule has 0 aromatic carbocycles. The maximum Gasteiger partial charge on any atom is 0.226 e. The van der Waals surface area contributed by atoms with Crippen molar-refractivity contribution in [1.82, 2.24) is 19.6 Å².